The zero-order valence-electron chi connectivity index (χ0n) is 24.3. The Bertz CT molecular complexity index is 1940. The lowest BCUT2D eigenvalue weighted by molar-refractivity contribution is -0.384. The Morgan fingerprint density at radius 3 is 2.48 bits per heavy atom. The molecule has 4 aromatic rings. The van der Waals surface area contributed by atoms with E-state index in [4.69, 9.17) is 14.5 Å². The van der Waals surface area contributed by atoms with E-state index in [1.54, 1.807) is 38.3 Å². The third-order valence-electron chi connectivity index (χ3n) is 7.76. The van der Waals surface area contributed by atoms with E-state index in [1.807, 2.05) is 42.5 Å². The van der Waals surface area contributed by atoms with Crippen LogP contribution in [0.3, 0.4) is 0 Å². The third kappa shape index (κ3) is 5.42. The van der Waals surface area contributed by atoms with Gasteiger partial charge < -0.3 is 14.4 Å². The lowest BCUT2D eigenvalue weighted by Gasteiger charge is -2.26. The Hall–Kier alpha value is -5.03. The molecule has 0 saturated carbocycles. The van der Waals surface area contributed by atoms with Gasteiger partial charge in [0.2, 0.25) is 0 Å². The quantitative estimate of drug-likeness (QED) is 0.164. The first-order chi connectivity index (χ1) is 21.4. The minimum atomic E-state index is -0.836. The smallest absolute Gasteiger partial charge is 0.338 e. The molecule has 0 spiro atoms. The summed E-state index contributed by atoms with van der Waals surface area (Å²) in [5.41, 5.74) is 3.06. The van der Waals surface area contributed by atoms with E-state index in [-0.39, 0.29) is 23.4 Å². The summed E-state index contributed by atoms with van der Waals surface area (Å²) < 4.78 is 12.7. The average molecular weight is 611 g/mol. The van der Waals surface area contributed by atoms with E-state index >= 15 is 0 Å². The third-order valence-corrected chi connectivity index (χ3v) is 8.74. The maximum absolute atomic E-state index is 14.3. The van der Waals surface area contributed by atoms with Crippen LogP contribution in [-0.2, 0) is 9.53 Å². The number of hydrogen-bond donors (Lipinski definition) is 0. The van der Waals surface area contributed by atoms with Crippen LogP contribution in [-0.4, -0.2) is 42.3 Å². The predicted molar refractivity (Wildman–Crippen MR) is 169 cm³/mol. The number of aromatic nitrogens is 1. The van der Waals surface area contributed by atoms with Gasteiger partial charge in [0.05, 0.1) is 40.5 Å². The monoisotopic (exact) mass is 610 g/mol. The van der Waals surface area contributed by atoms with Gasteiger partial charge in [0.15, 0.2) is 4.80 Å². The fourth-order valence-corrected chi connectivity index (χ4v) is 6.69. The number of thiazole rings is 1. The largest absolute Gasteiger partial charge is 0.497 e. The van der Waals surface area contributed by atoms with Gasteiger partial charge in [-0.05, 0) is 49.6 Å². The predicted octanol–water partition coefficient (Wildman–Crippen LogP) is 4.45. The number of carbonyl (C=O) groups is 1. The molecule has 2 aliphatic heterocycles. The zero-order chi connectivity index (χ0) is 30.8. The van der Waals surface area contributed by atoms with Crippen LogP contribution in [0.15, 0.2) is 88.2 Å². The van der Waals surface area contributed by atoms with Gasteiger partial charge in [-0.25, -0.2) is 9.79 Å². The number of nitrogens with zero attached hydrogens (tertiary/aromatic N) is 4. The Morgan fingerprint density at radius 2 is 1.82 bits per heavy atom. The molecule has 6 rings (SSSR count). The summed E-state index contributed by atoms with van der Waals surface area (Å²) in [6, 6.07) is 20.4. The molecule has 1 saturated heterocycles. The van der Waals surface area contributed by atoms with E-state index < -0.39 is 16.9 Å². The maximum atomic E-state index is 14.3. The van der Waals surface area contributed by atoms with Gasteiger partial charge in [0.25, 0.3) is 11.2 Å². The molecule has 1 fully saturated rings. The normalized spacial score (nSPS) is 16.5. The number of nitro benzene ring substituents is 1. The van der Waals surface area contributed by atoms with Gasteiger partial charge in [-0.3, -0.25) is 19.5 Å². The van der Waals surface area contributed by atoms with Crippen LogP contribution in [0.1, 0.15) is 42.5 Å². The van der Waals surface area contributed by atoms with Gasteiger partial charge in [-0.1, -0.05) is 53.8 Å². The zero-order valence-corrected chi connectivity index (χ0v) is 25.1. The number of non-ortho nitro benzene ring substituents is 1. The van der Waals surface area contributed by atoms with Crippen molar-refractivity contribution in [3.8, 4) is 5.75 Å². The first kappa shape index (κ1) is 29.1. The Morgan fingerprint density at radius 1 is 1.09 bits per heavy atom. The van der Waals surface area contributed by atoms with E-state index in [1.165, 1.54) is 28.0 Å². The lowest BCUT2D eigenvalue weighted by Crippen LogP contribution is -2.40. The molecule has 0 N–H and O–H groups in total. The van der Waals surface area contributed by atoms with Crippen LogP contribution < -0.4 is 24.5 Å². The summed E-state index contributed by atoms with van der Waals surface area (Å²) in [5.74, 6) is 0.0615. The SMILES string of the molecule is CCOC(=O)C1=C(c2ccccc2)N=c2s/c(=C/c3cc([N+](=O)[O-])ccc3N3CCCC3)c(=O)n2[C@@H]1c1ccc(OC)cc1. The van der Waals surface area contributed by atoms with Crippen LogP contribution in [0.4, 0.5) is 11.4 Å². The Kier molecular flexibility index (Phi) is 8.12. The topological polar surface area (TPSA) is 116 Å². The number of rotatable bonds is 8. The molecular weight excluding hydrogens is 580 g/mol. The summed E-state index contributed by atoms with van der Waals surface area (Å²) in [4.78, 5) is 46.6. The van der Waals surface area contributed by atoms with E-state index in [0.29, 0.717) is 37.5 Å². The molecule has 2 aliphatic rings. The molecular formula is C33H30N4O6S. The number of esters is 1. The highest BCUT2D eigenvalue weighted by atomic mass is 32.1. The molecule has 44 heavy (non-hydrogen) atoms. The van der Waals surface area contributed by atoms with Crippen molar-refractivity contribution in [3.63, 3.8) is 0 Å². The molecule has 224 valence electrons. The number of fused-ring (bicyclic) bond motifs is 1. The van der Waals surface area contributed by atoms with Gasteiger partial charge in [-0.15, -0.1) is 0 Å². The lowest BCUT2D eigenvalue weighted by atomic mass is 9.93. The number of benzene rings is 3. The maximum Gasteiger partial charge on any atom is 0.338 e. The average Bonchev–Trinajstić information content (AvgIpc) is 3.69. The minimum absolute atomic E-state index is 0.0564. The first-order valence-electron chi connectivity index (χ1n) is 14.4. The highest BCUT2D eigenvalue weighted by Gasteiger charge is 2.35. The molecule has 1 atom stereocenters. The Labute approximate surface area is 257 Å². The van der Waals surface area contributed by atoms with Crippen LogP contribution in [0.5, 0.6) is 5.75 Å². The first-order valence-corrected chi connectivity index (χ1v) is 15.2. The van der Waals surface area contributed by atoms with Crippen molar-refractivity contribution < 1.29 is 19.2 Å². The van der Waals surface area contributed by atoms with Gasteiger partial charge in [0.1, 0.15) is 5.75 Å². The van der Waals surface area contributed by atoms with Crippen molar-refractivity contribution in [3.05, 3.63) is 125 Å². The molecule has 3 aromatic carbocycles. The summed E-state index contributed by atoms with van der Waals surface area (Å²) >= 11 is 1.18. The molecule has 10 nitrogen and oxygen atoms in total. The second kappa shape index (κ2) is 12.3. The molecule has 0 bridgehead atoms. The summed E-state index contributed by atoms with van der Waals surface area (Å²) in [7, 11) is 1.57. The summed E-state index contributed by atoms with van der Waals surface area (Å²) in [6.45, 7) is 3.55. The van der Waals surface area contributed by atoms with E-state index in [2.05, 4.69) is 4.90 Å². The van der Waals surface area contributed by atoms with Crippen LogP contribution in [0.25, 0.3) is 11.8 Å². The number of anilines is 1. The fourth-order valence-electron chi connectivity index (χ4n) is 5.70. The van der Waals surface area contributed by atoms with E-state index in [0.717, 1.165) is 31.6 Å². The molecule has 0 amide bonds. The van der Waals surface area contributed by atoms with Gasteiger partial charge >= 0.3 is 5.97 Å². The van der Waals surface area contributed by atoms with E-state index in [9.17, 15) is 19.7 Å². The molecule has 1 aromatic heterocycles. The second-order valence-corrected chi connectivity index (χ2v) is 11.4. The van der Waals surface area contributed by atoms with Crippen molar-refractivity contribution in [1.29, 1.82) is 0 Å². The summed E-state index contributed by atoms with van der Waals surface area (Å²) in [5, 5.41) is 11.7. The fraction of sp³-hybridized carbons (Fsp3) is 0.242. The Balaban J connectivity index is 1.62. The molecule has 0 aliphatic carbocycles. The van der Waals surface area contributed by atoms with Gasteiger partial charge in [0, 0.05) is 42.0 Å². The number of nitro groups is 1. The van der Waals surface area contributed by atoms with Crippen molar-refractivity contribution >= 4 is 40.5 Å². The van der Waals surface area contributed by atoms with Crippen molar-refractivity contribution in [1.82, 2.24) is 4.57 Å². The highest BCUT2D eigenvalue weighted by Crippen LogP contribution is 2.36. The number of ether oxygens (including phenoxy) is 2. The molecule has 0 unspecified atom stereocenters. The standard InChI is InChI=1S/C33H30N4O6S/c1-3-43-32(39)28-29(21-9-5-4-6-10-21)34-33-36(30(28)22-11-14-25(42-2)15-12-22)31(38)27(44-33)20-23-19-24(37(40)41)13-16-26(23)35-17-7-8-18-35/h4-6,9-16,19-20,30H,3,7-8,17-18H2,1-2H3/b27-20+/t30-/m1/s1. The van der Waals surface area contributed by atoms with Crippen molar-refractivity contribution in [2.45, 2.75) is 25.8 Å². The van der Waals surface area contributed by atoms with Gasteiger partial charge in [-0.2, -0.15) is 0 Å². The minimum Gasteiger partial charge on any atom is -0.497 e. The van der Waals surface area contributed by atoms with Crippen LogP contribution in [0.2, 0.25) is 0 Å². The molecule has 0 radical (unpaired) electrons. The summed E-state index contributed by atoms with van der Waals surface area (Å²) in [6.07, 6.45) is 3.75. The number of carbonyl (C=O) groups excluding carboxylic acids is 1. The number of methoxy groups -OCH3 is 1. The second-order valence-electron chi connectivity index (χ2n) is 10.4. The molecule has 11 heteroatoms. The number of hydrogen-bond acceptors (Lipinski definition) is 9. The highest BCUT2D eigenvalue weighted by molar-refractivity contribution is 7.07. The van der Waals surface area contributed by atoms with Crippen molar-refractivity contribution in [2.24, 2.45) is 4.99 Å². The van der Waals surface area contributed by atoms with Crippen molar-refractivity contribution in [2.75, 3.05) is 31.7 Å². The van der Waals surface area contributed by atoms with Crippen LogP contribution in [0, 0.1) is 10.1 Å². The van der Waals surface area contributed by atoms with Crippen LogP contribution >= 0.6 is 11.3 Å². The molecule has 3 heterocycles.